The van der Waals surface area contributed by atoms with Gasteiger partial charge in [-0.2, -0.15) is 5.26 Å². The highest BCUT2D eigenvalue weighted by atomic mass is 32.2. The summed E-state index contributed by atoms with van der Waals surface area (Å²) in [7, 11) is -3.33. The highest BCUT2D eigenvalue weighted by molar-refractivity contribution is 7.90. The Morgan fingerprint density at radius 2 is 2.00 bits per heavy atom. The van der Waals surface area contributed by atoms with Crippen LogP contribution in [0.5, 0.6) is 0 Å². The summed E-state index contributed by atoms with van der Waals surface area (Å²) in [5.74, 6) is 0.107. The molecule has 98 valence electrons. The van der Waals surface area contributed by atoms with Crippen molar-refractivity contribution in [2.24, 2.45) is 11.8 Å². The number of nitriles is 1. The molecule has 0 aliphatic heterocycles. The number of sulfone groups is 1. The normalized spacial score (nSPS) is 13.3. The number of anilines is 1. The largest absolute Gasteiger partial charge is 0.398 e. The minimum absolute atomic E-state index is 0.124. The Balaban J connectivity index is 3.11. The van der Waals surface area contributed by atoms with E-state index in [1.54, 1.807) is 18.2 Å². The first-order valence-electron chi connectivity index (χ1n) is 5.73. The van der Waals surface area contributed by atoms with Crippen LogP contribution < -0.4 is 5.73 Å². The third-order valence-corrected chi connectivity index (χ3v) is 4.06. The number of benzene rings is 1. The summed E-state index contributed by atoms with van der Waals surface area (Å²) in [6, 6.07) is 7.17. The Labute approximate surface area is 108 Å². The average Bonchev–Trinajstić information content (AvgIpc) is 2.25. The fourth-order valence-corrected chi connectivity index (χ4v) is 2.57. The molecule has 1 unspecified atom stereocenters. The van der Waals surface area contributed by atoms with Gasteiger partial charge in [0.05, 0.1) is 22.6 Å². The van der Waals surface area contributed by atoms with Gasteiger partial charge in [0.2, 0.25) is 0 Å². The molecule has 0 amide bonds. The molecule has 0 spiro atoms. The topological polar surface area (TPSA) is 83.9 Å². The predicted molar refractivity (Wildman–Crippen MR) is 71.6 cm³/mol. The van der Waals surface area contributed by atoms with Crippen LogP contribution in [0.4, 0.5) is 5.69 Å². The number of nitrogen functional groups attached to an aromatic ring is 1. The molecule has 0 saturated heterocycles. The van der Waals surface area contributed by atoms with E-state index in [9.17, 15) is 8.42 Å². The third-order valence-electron chi connectivity index (χ3n) is 2.90. The smallest absolute Gasteiger partial charge is 0.177 e. The Hall–Kier alpha value is -1.54. The van der Waals surface area contributed by atoms with Gasteiger partial charge in [-0.1, -0.05) is 19.9 Å². The van der Waals surface area contributed by atoms with E-state index in [0.29, 0.717) is 6.42 Å². The summed E-state index contributed by atoms with van der Waals surface area (Å²) in [5, 5.41) is 9.05. The zero-order valence-corrected chi connectivity index (χ0v) is 11.7. The maximum absolute atomic E-state index is 11.6. The Kier molecular flexibility index (Phi) is 4.36. The number of hydrogen-bond acceptors (Lipinski definition) is 4. The minimum atomic E-state index is -3.33. The van der Waals surface area contributed by atoms with Gasteiger partial charge in [-0.3, -0.25) is 0 Å². The molecule has 0 bridgehead atoms. The van der Waals surface area contributed by atoms with E-state index in [1.807, 2.05) is 13.8 Å². The van der Waals surface area contributed by atoms with Crippen LogP contribution in [0.15, 0.2) is 23.1 Å². The van der Waals surface area contributed by atoms with Crippen LogP contribution in [0.3, 0.4) is 0 Å². The monoisotopic (exact) mass is 266 g/mol. The van der Waals surface area contributed by atoms with Gasteiger partial charge in [-0.15, -0.1) is 0 Å². The summed E-state index contributed by atoms with van der Waals surface area (Å²) in [5.41, 5.74) is 6.73. The van der Waals surface area contributed by atoms with E-state index in [1.165, 1.54) is 0 Å². The molecule has 1 rings (SSSR count). The lowest BCUT2D eigenvalue weighted by molar-refractivity contribution is 0.473. The summed E-state index contributed by atoms with van der Waals surface area (Å²) in [4.78, 5) is 0.139. The minimum Gasteiger partial charge on any atom is -0.398 e. The van der Waals surface area contributed by atoms with Crippen LogP contribution in [0.1, 0.15) is 19.4 Å². The fraction of sp³-hybridized carbons (Fsp3) is 0.462. The number of rotatable bonds is 4. The lowest BCUT2D eigenvalue weighted by Gasteiger charge is -2.14. The SMILES string of the molecule is CC(C)C(C#N)Cc1ccc(N)c(S(C)(=O)=O)c1. The maximum Gasteiger partial charge on any atom is 0.177 e. The molecule has 0 aliphatic carbocycles. The molecule has 1 aromatic carbocycles. The van der Waals surface area contributed by atoms with Crippen LogP contribution in [0.25, 0.3) is 0 Å². The molecule has 0 aliphatic rings. The van der Waals surface area contributed by atoms with E-state index in [2.05, 4.69) is 6.07 Å². The Bertz CT molecular complexity index is 571. The molecule has 18 heavy (non-hydrogen) atoms. The molecule has 0 saturated carbocycles. The van der Waals surface area contributed by atoms with Crippen molar-refractivity contribution in [3.63, 3.8) is 0 Å². The van der Waals surface area contributed by atoms with Crippen molar-refractivity contribution < 1.29 is 8.42 Å². The van der Waals surface area contributed by atoms with Crippen molar-refractivity contribution in [1.82, 2.24) is 0 Å². The van der Waals surface area contributed by atoms with Crippen molar-refractivity contribution in [3.05, 3.63) is 23.8 Å². The molecule has 0 radical (unpaired) electrons. The lowest BCUT2D eigenvalue weighted by Crippen LogP contribution is -2.10. The fourth-order valence-electron chi connectivity index (χ4n) is 1.71. The lowest BCUT2D eigenvalue weighted by atomic mass is 9.90. The van der Waals surface area contributed by atoms with Gasteiger partial charge in [-0.25, -0.2) is 8.42 Å². The molecule has 1 aromatic rings. The van der Waals surface area contributed by atoms with Crippen molar-refractivity contribution in [1.29, 1.82) is 5.26 Å². The maximum atomic E-state index is 11.6. The molecule has 0 aromatic heterocycles. The summed E-state index contributed by atoms with van der Waals surface area (Å²) in [6.45, 7) is 3.95. The van der Waals surface area contributed by atoms with Crippen LogP contribution >= 0.6 is 0 Å². The first-order valence-corrected chi connectivity index (χ1v) is 7.63. The quantitative estimate of drug-likeness (QED) is 0.845. The zero-order chi connectivity index (χ0) is 13.9. The Morgan fingerprint density at radius 3 is 2.44 bits per heavy atom. The van der Waals surface area contributed by atoms with Gasteiger partial charge >= 0.3 is 0 Å². The van der Waals surface area contributed by atoms with Crippen molar-refractivity contribution in [2.75, 3.05) is 12.0 Å². The van der Waals surface area contributed by atoms with Crippen molar-refractivity contribution >= 4 is 15.5 Å². The number of hydrogen-bond donors (Lipinski definition) is 1. The zero-order valence-electron chi connectivity index (χ0n) is 10.8. The molecular formula is C13H18N2O2S. The van der Waals surface area contributed by atoms with Crippen LogP contribution in [0.2, 0.25) is 0 Å². The van der Waals surface area contributed by atoms with Crippen molar-refractivity contribution in [2.45, 2.75) is 25.2 Å². The van der Waals surface area contributed by atoms with Gasteiger partial charge < -0.3 is 5.73 Å². The van der Waals surface area contributed by atoms with Gasteiger partial charge in [0.15, 0.2) is 9.84 Å². The third kappa shape index (κ3) is 3.47. The van der Waals surface area contributed by atoms with Gasteiger partial charge in [-0.05, 0) is 30.0 Å². The second-order valence-corrected chi connectivity index (χ2v) is 6.81. The first kappa shape index (κ1) is 14.5. The van der Waals surface area contributed by atoms with E-state index in [-0.39, 0.29) is 22.4 Å². The molecule has 4 nitrogen and oxygen atoms in total. The summed E-state index contributed by atoms with van der Waals surface area (Å²) in [6.07, 6.45) is 1.67. The van der Waals surface area contributed by atoms with Crippen LogP contribution in [-0.2, 0) is 16.3 Å². The number of nitrogens with zero attached hydrogens (tertiary/aromatic N) is 1. The molecule has 0 fully saturated rings. The van der Waals surface area contributed by atoms with E-state index >= 15 is 0 Å². The van der Waals surface area contributed by atoms with Crippen molar-refractivity contribution in [3.8, 4) is 6.07 Å². The van der Waals surface area contributed by atoms with Crippen LogP contribution in [-0.4, -0.2) is 14.7 Å². The highest BCUT2D eigenvalue weighted by Crippen LogP contribution is 2.23. The second kappa shape index (κ2) is 5.40. The van der Waals surface area contributed by atoms with Gasteiger partial charge in [0.1, 0.15) is 0 Å². The molecule has 1 atom stereocenters. The molecule has 2 N–H and O–H groups in total. The predicted octanol–water partition coefficient (Wildman–Crippen LogP) is 2.01. The average molecular weight is 266 g/mol. The van der Waals surface area contributed by atoms with E-state index in [4.69, 9.17) is 11.0 Å². The molecule has 5 heteroatoms. The van der Waals surface area contributed by atoms with E-state index in [0.717, 1.165) is 11.8 Å². The highest BCUT2D eigenvalue weighted by Gasteiger charge is 2.16. The van der Waals surface area contributed by atoms with Crippen LogP contribution in [0, 0.1) is 23.2 Å². The summed E-state index contributed by atoms with van der Waals surface area (Å²) < 4.78 is 23.1. The first-order chi connectivity index (χ1) is 8.25. The standard InChI is InChI=1S/C13H18N2O2S/c1-9(2)11(8-14)6-10-4-5-12(15)13(7-10)18(3,16)17/h4-5,7,9,11H,6,15H2,1-3H3. The Morgan fingerprint density at radius 1 is 1.39 bits per heavy atom. The van der Waals surface area contributed by atoms with Gasteiger partial charge in [0.25, 0.3) is 0 Å². The second-order valence-electron chi connectivity index (χ2n) is 4.83. The van der Waals surface area contributed by atoms with E-state index < -0.39 is 9.84 Å². The number of nitrogens with two attached hydrogens (primary N) is 1. The molecule has 0 heterocycles. The molecular weight excluding hydrogens is 248 g/mol. The van der Waals surface area contributed by atoms with Gasteiger partial charge in [0, 0.05) is 6.26 Å². The summed E-state index contributed by atoms with van der Waals surface area (Å²) >= 11 is 0.